The molecule has 1 aromatic carbocycles. The minimum absolute atomic E-state index is 0.0149. The molecule has 0 aliphatic carbocycles. The lowest BCUT2D eigenvalue weighted by Crippen LogP contribution is -2.30. The Morgan fingerprint density at radius 2 is 1.85 bits per heavy atom. The zero-order chi connectivity index (χ0) is 14.5. The topological polar surface area (TPSA) is 82.9 Å². The SMILES string of the molecule is Cc1coc(-c2cc(N)ccc2N(CCO)CCO)c1. The summed E-state index contributed by atoms with van der Waals surface area (Å²) in [6.45, 7) is 2.87. The maximum Gasteiger partial charge on any atom is 0.136 e. The Morgan fingerprint density at radius 1 is 1.15 bits per heavy atom. The van der Waals surface area contributed by atoms with Crippen LogP contribution in [-0.4, -0.2) is 36.5 Å². The van der Waals surface area contributed by atoms with Crippen LogP contribution >= 0.6 is 0 Å². The van der Waals surface area contributed by atoms with Crippen molar-refractivity contribution in [3.05, 3.63) is 36.1 Å². The Bertz CT molecular complexity index is 560. The van der Waals surface area contributed by atoms with Crippen LogP contribution in [0.15, 0.2) is 34.9 Å². The summed E-state index contributed by atoms with van der Waals surface area (Å²) in [7, 11) is 0. The van der Waals surface area contributed by atoms with E-state index < -0.39 is 0 Å². The highest BCUT2D eigenvalue weighted by atomic mass is 16.3. The standard InChI is InChI=1S/C15H20N2O3/c1-11-8-15(20-10-11)13-9-12(16)2-3-14(13)17(4-6-18)5-7-19/h2-3,8-10,18-19H,4-7,16H2,1H3. The summed E-state index contributed by atoms with van der Waals surface area (Å²) in [6.07, 6.45) is 1.69. The van der Waals surface area contributed by atoms with E-state index in [1.807, 2.05) is 30.0 Å². The molecule has 0 fully saturated rings. The quantitative estimate of drug-likeness (QED) is 0.698. The summed E-state index contributed by atoms with van der Waals surface area (Å²) in [5.41, 5.74) is 9.28. The molecule has 5 heteroatoms. The predicted molar refractivity (Wildman–Crippen MR) is 79.7 cm³/mol. The molecule has 0 unspecified atom stereocenters. The van der Waals surface area contributed by atoms with Crippen molar-refractivity contribution in [2.24, 2.45) is 0 Å². The minimum Gasteiger partial charge on any atom is -0.464 e. The first-order valence-corrected chi connectivity index (χ1v) is 6.57. The number of benzene rings is 1. The number of aliphatic hydroxyl groups is 2. The average Bonchev–Trinajstić information content (AvgIpc) is 2.85. The molecule has 0 bridgehead atoms. The number of rotatable bonds is 6. The number of nitrogens with zero attached hydrogens (tertiary/aromatic N) is 1. The Kier molecular flexibility index (Phi) is 4.65. The van der Waals surface area contributed by atoms with Crippen LogP contribution in [0.5, 0.6) is 0 Å². The zero-order valence-electron chi connectivity index (χ0n) is 11.5. The van der Waals surface area contributed by atoms with Crippen molar-refractivity contribution in [3.8, 4) is 11.3 Å². The van der Waals surface area contributed by atoms with E-state index in [-0.39, 0.29) is 13.2 Å². The third-order valence-electron chi connectivity index (χ3n) is 3.10. The van der Waals surface area contributed by atoms with Gasteiger partial charge in [-0.05, 0) is 36.8 Å². The van der Waals surface area contributed by atoms with Gasteiger partial charge < -0.3 is 25.3 Å². The fourth-order valence-electron chi connectivity index (χ4n) is 2.19. The van der Waals surface area contributed by atoms with Crippen LogP contribution in [0.2, 0.25) is 0 Å². The first-order valence-electron chi connectivity index (χ1n) is 6.57. The van der Waals surface area contributed by atoms with Crippen LogP contribution < -0.4 is 10.6 Å². The van der Waals surface area contributed by atoms with Gasteiger partial charge in [-0.3, -0.25) is 0 Å². The van der Waals surface area contributed by atoms with Crippen molar-refractivity contribution in [2.75, 3.05) is 36.9 Å². The molecule has 0 aliphatic rings. The third-order valence-corrected chi connectivity index (χ3v) is 3.10. The molecule has 5 nitrogen and oxygen atoms in total. The lowest BCUT2D eigenvalue weighted by molar-refractivity contribution is 0.281. The number of nitrogens with two attached hydrogens (primary N) is 1. The number of nitrogen functional groups attached to an aromatic ring is 1. The van der Waals surface area contributed by atoms with E-state index in [0.29, 0.717) is 18.8 Å². The van der Waals surface area contributed by atoms with Crippen LogP contribution in [0.25, 0.3) is 11.3 Å². The second kappa shape index (κ2) is 6.45. The maximum atomic E-state index is 9.17. The Labute approximate surface area is 118 Å². The molecule has 2 aromatic rings. The van der Waals surface area contributed by atoms with Crippen LogP contribution in [0.4, 0.5) is 11.4 Å². The number of aliphatic hydroxyl groups excluding tert-OH is 2. The summed E-state index contributed by atoms with van der Waals surface area (Å²) in [4.78, 5) is 1.91. The number of anilines is 2. The molecule has 0 aliphatic heterocycles. The molecule has 0 radical (unpaired) electrons. The molecule has 0 saturated heterocycles. The van der Waals surface area contributed by atoms with E-state index in [2.05, 4.69) is 0 Å². The fourth-order valence-corrected chi connectivity index (χ4v) is 2.19. The van der Waals surface area contributed by atoms with E-state index in [0.717, 1.165) is 22.6 Å². The van der Waals surface area contributed by atoms with Gasteiger partial charge in [-0.1, -0.05) is 0 Å². The Hall–Kier alpha value is -1.98. The van der Waals surface area contributed by atoms with Gasteiger partial charge in [-0.25, -0.2) is 0 Å². The number of hydrogen-bond donors (Lipinski definition) is 3. The van der Waals surface area contributed by atoms with Crippen molar-refractivity contribution in [1.82, 2.24) is 0 Å². The lowest BCUT2D eigenvalue weighted by Gasteiger charge is -2.25. The highest BCUT2D eigenvalue weighted by Crippen LogP contribution is 2.33. The summed E-state index contributed by atoms with van der Waals surface area (Å²) in [6, 6.07) is 7.47. The van der Waals surface area contributed by atoms with Gasteiger partial charge in [0.2, 0.25) is 0 Å². The van der Waals surface area contributed by atoms with Gasteiger partial charge in [0.05, 0.1) is 19.5 Å². The van der Waals surface area contributed by atoms with Gasteiger partial charge in [-0.15, -0.1) is 0 Å². The molecule has 0 amide bonds. The molecule has 4 N–H and O–H groups in total. The van der Waals surface area contributed by atoms with E-state index in [9.17, 15) is 10.2 Å². The van der Waals surface area contributed by atoms with Gasteiger partial charge in [0.1, 0.15) is 5.76 Å². The largest absolute Gasteiger partial charge is 0.464 e. The van der Waals surface area contributed by atoms with Gasteiger partial charge in [0.15, 0.2) is 0 Å². The molecule has 0 atom stereocenters. The second-order valence-electron chi connectivity index (χ2n) is 4.70. The van der Waals surface area contributed by atoms with Gasteiger partial charge in [-0.2, -0.15) is 0 Å². The Morgan fingerprint density at radius 3 is 2.40 bits per heavy atom. The van der Waals surface area contributed by atoms with Crippen molar-refractivity contribution in [2.45, 2.75) is 6.92 Å². The summed E-state index contributed by atoms with van der Waals surface area (Å²) in [5.74, 6) is 0.727. The van der Waals surface area contributed by atoms with Crippen molar-refractivity contribution in [3.63, 3.8) is 0 Å². The first-order chi connectivity index (χ1) is 9.65. The predicted octanol–water partition coefficient (Wildman–Crippen LogP) is 1.63. The molecule has 1 aromatic heterocycles. The van der Waals surface area contributed by atoms with Crippen molar-refractivity contribution >= 4 is 11.4 Å². The summed E-state index contributed by atoms with van der Waals surface area (Å²) in [5, 5.41) is 18.3. The van der Waals surface area contributed by atoms with Crippen LogP contribution in [0.1, 0.15) is 5.56 Å². The average molecular weight is 276 g/mol. The van der Waals surface area contributed by atoms with Gasteiger partial charge in [0, 0.05) is 30.0 Å². The maximum absolute atomic E-state index is 9.17. The molecule has 20 heavy (non-hydrogen) atoms. The first kappa shape index (κ1) is 14.4. The monoisotopic (exact) mass is 276 g/mol. The number of aryl methyl sites for hydroxylation is 1. The molecule has 1 heterocycles. The highest BCUT2D eigenvalue weighted by Gasteiger charge is 2.15. The third kappa shape index (κ3) is 3.12. The second-order valence-corrected chi connectivity index (χ2v) is 4.70. The van der Waals surface area contributed by atoms with E-state index in [4.69, 9.17) is 10.2 Å². The highest BCUT2D eigenvalue weighted by molar-refractivity contribution is 5.79. The Balaban J connectivity index is 2.46. The minimum atomic E-state index is 0.0149. The van der Waals surface area contributed by atoms with Crippen molar-refractivity contribution < 1.29 is 14.6 Å². The van der Waals surface area contributed by atoms with Gasteiger partial charge in [0.25, 0.3) is 0 Å². The lowest BCUT2D eigenvalue weighted by atomic mass is 10.1. The smallest absolute Gasteiger partial charge is 0.136 e. The fraction of sp³-hybridized carbons (Fsp3) is 0.333. The number of hydrogen-bond acceptors (Lipinski definition) is 5. The molecule has 0 saturated carbocycles. The molecule has 2 rings (SSSR count). The summed E-state index contributed by atoms with van der Waals surface area (Å²) >= 11 is 0. The zero-order valence-corrected chi connectivity index (χ0v) is 11.5. The van der Waals surface area contributed by atoms with Gasteiger partial charge >= 0.3 is 0 Å². The van der Waals surface area contributed by atoms with Crippen LogP contribution in [0.3, 0.4) is 0 Å². The van der Waals surface area contributed by atoms with Crippen molar-refractivity contribution in [1.29, 1.82) is 0 Å². The summed E-state index contributed by atoms with van der Waals surface area (Å²) < 4.78 is 5.55. The number of furan rings is 1. The molecular weight excluding hydrogens is 256 g/mol. The normalized spacial score (nSPS) is 10.8. The molecule has 0 spiro atoms. The van der Waals surface area contributed by atoms with E-state index in [1.165, 1.54) is 0 Å². The van der Waals surface area contributed by atoms with Crippen LogP contribution in [0, 0.1) is 6.92 Å². The molecule has 108 valence electrons. The van der Waals surface area contributed by atoms with E-state index in [1.54, 1.807) is 12.3 Å². The van der Waals surface area contributed by atoms with Crippen LogP contribution in [-0.2, 0) is 0 Å². The molecular formula is C15H20N2O3. The van der Waals surface area contributed by atoms with E-state index >= 15 is 0 Å².